The van der Waals surface area contributed by atoms with Gasteiger partial charge in [0.1, 0.15) is 18.2 Å². The van der Waals surface area contributed by atoms with Crippen molar-refractivity contribution in [2.75, 3.05) is 24.8 Å². The van der Waals surface area contributed by atoms with Crippen molar-refractivity contribution >= 4 is 22.6 Å². The molecule has 0 bridgehead atoms. The smallest absolute Gasteiger partial charge is 0.231 e. The Hall–Kier alpha value is -4.00. The summed E-state index contributed by atoms with van der Waals surface area (Å²) in [6.07, 6.45) is 0.413. The predicted molar refractivity (Wildman–Crippen MR) is 129 cm³/mol. The van der Waals surface area contributed by atoms with Crippen molar-refractivity contribution in [2.45, 2.75) is 25.8 Å². The fraction of sp³-hybridized carbons (Fsp3) is 0.259. The molecule has 0 N–H and O–H groups in total. The van der Waals surface area contributed by atoms with Crippen LogP contribution in [-0.4, -0.2) is 35.4 Å². The van der Waals surface area contributed by atoms with E-state index < -0.39 is 0 Å². The molecule has 1 unspecified atom stereocenters. The van der Waals surface area contributed by atoms with Gasteiger partial charge in [-0.25, -0.2) is 4.98 Å². The number of carbonyl (C=O) groups is 1. The molecule has 0 radical (unpaired) electrons. The van der Waals surface area contributed by atoms with Crippen LogP contribution in [0.3, 0.4) is 0 Å². The van der Waals surface area contributed by atoms with Crippen LogP contribution in [0.25, 0.3) is 11.0 Å². The Kier molecular flexibility index (Phi) is 5.09. The number of imidazole rings is 1. The Morgan fingerprint density at radius 3 is 2.82 bits per heavy atom. The number of aryl methyl sites for hydroxylation is 1. The number of amides is 1. The molecule has 3 heterocycles. The van der Waals surface area contributed by atoms with Crippen LogP contribution in [0.1, 0.15) is 23.7 Å². The fourth-order valence-corrected chi connectivity index (χ4v) is 4.78. The summed E-state index contributed by atoms with van der Waals surface area (Å²) < 4.78 is 19.1. The van der Waals surface area contributed by atoms with Gasteiger partial charge < -0.3 is 23.7 Å². The third kappa shape index (κ3) is 3.73. The number of nitrogens with zero attached hydrogens (tertiary/aromatic N) is 3. The van der Waals surface area contributed by atoms with Crippen molar-refractivity contribution in [3.63, 3.8) is 0 Å². The summed E-state index contributed by atoms with van der Waals surface area (Å²) in [7, 11) is 0. The number of ether oxygens (including phenoxy) is 3. The third-order valence-electron chi connectivity index (χ3n) is 6.42. The molecule has 0 saturated carbocycles. The number of fused-ring (bicyclic) bond motifs is 2. The molecule has 2 aliphatic heterocycles. The molecule has 34 heavy (non-hydrogen) atoms. The van der Waals surface area contributed by atoms with Crippen molar-refractivity contribution in [3.8, 4) is 17.2 Å². The van der Waals surface area contributed by atoms with E-state index in [1.54, 1.807) is 0 Å². The van der Waals surface area contributed by atoms with Crippen LogP contribution in [0.5, 0.6) is 17.2 Å². The second-order valence-corrected chi connectivity index (χ2v) is 8.72. The van der Waals surface area contributed by atoms with E-state index in [1.165, 1.54) is 5.56 Å². The van der Waals surface area contributed by atoms with Crippen molar-refractivity contribution < 1.29 is 19.0 Å². The van der Waals surface area contributed by atoms with Crippen molar-refractivity contribution in [2.24, 2.45) is 0 Å². The molecule has 0 aliphatic carbocycles. The monoisotopic (exact) mass is 455 g/mol. The summed E-state index contributed by atoms with van der Waals surface area (Å²) in [4.78, 5) is 19.8. The largest absolute Gasteiger partial charge is 0.492 e. The van der Waals surface area contributed by atoms with Crippen LogP contribution < -0.4 is 19.1 Å². The molecule has 6 rings (SSSR count). The number of rotatable bonds is 6. The van der Waals surface area contributed by atoms with Gasteiger partial charge in [-0.15, -0.1) is 0 Å². The molecule has 0 spiro atoms. The van der Waals surface area contributed by atoms with E-state index in [2.05, 4.69) is 23.6 Å². The number of hydrogen-bond donors (Lipinski definition) is 0. The van der Waals surface area contributed by atoms with Crippen LogP contribution in [-0.2, 0) is 11.3 Å². The van der Waals surface area contributed by atoms with Crippen LogP contribution >= 0.6 is 0 Å². The Morgan fingerprint density at radius 2 is 1.91 bits per heavy atom. The van der Waals surface area contributed by atoms with E-state index in [-0.39, 0.29) is 18.6 Å². The maximum atomic E-state index is 13.0. The van der Waals surface area contributed by atoms with Gasteiger partial charge in [0.2, 0.25) is 12.7 Å². The molecular weight excluding hydrogens is 430 g/mol. The van der Waals surface area contributed by atoms with E-state index in [0.29, 0.717) is 37.6 Å². The van der Waals surface area contributed by atoms with E-state index in [0.717, 1.165) is 28.3 Å². The summed E-state index contributed by atoms with van der Waals surface area (Å²) in [6.45, 7) is 4.00. The highest BCUT2D eigenvalue weighted by molar-refractivity contribution is 5.97. The zero-order valence-electron chi connectivity index (χ0n) is 18.9. The van der Waals surface area contributed by atoms with Gasteiger partial charge in [-0.1, -0.05) is 24.3 Å². The second kappa shape index (κ2) is 8.41. The van der Waals surface area contributed by atoms with Gasteiger partial charge in [-0.2, -0.15) is 0 Å². The zero-order chi connectivity index (χ0) is 23.1. The molecule has 7 nitrogen and oxygen atoms in total. The Bertz CT molecular complexity index is 1380. The Labute approximate surface area is 197 Å². The van der Waals surface area contributed by atoms with E-state index in [9.17, 15) is 4.79 Å². The fourth-order valence-electron chi connectivity index (χ4n) is 4.78. The molecule has 3 aromatic carbocycles. The predicted octanol–water partition coefficient (Wildman–Crippen LogP) is 4.67. The lowest BCUT2D eigenvalue weighted by Crippen LogP contribution is -2.24. The average molecular weight is 456 g/mol. The molecule has 4 aromatic rings. The van der Waals surface area contributed by atoms with Crippen LogP contribution in [0.15, 0.2) is 66.7 Å². The van der Waals surface area contributed by atoms with Crippen molar-refractivity contribution in [1.29, 1.82) is 0 Å². The first-order chi connectivity index (χ1) is 16.7. The van der Waals surface area contributed by atoms with Gasteiger partial charge in [0.15, 0.2) is 11.5 Å². The summed E-state index contributed by atoms with van der Waals surface area (Å²) in [6, 6.07) is 21.8. The number of benzene rings is 3. The number of carbonyl (C=O) groups excluding carboxylic acids is 1. The van der Waals surface area contributed by atoms with Gasteiger partial charge >= 0.3 is 0 Å². The lowest BCUT2D eigenvalue weighted by atomic mass is 10.1. The molecule has 1 saturated heterocycles. The number of para-hydroxylation sites is 2. The second-order valence-electron chi connectivity index (χ2n) is 8.72. The zero-order valence-corrected chi connectivity index (χ0v) is 18.9. The van der Waals surface area contributed by atoms with Crippen LogP contribution in [0.4, 0.5) is 5.69 Å². The Morgan fingerprint density at radius 1 is 1.03 bits per heavy atom. The SMILES string of the molecule is Cc1cccc(OCCn2c(C3CC(=O)N(c4ccc5c(c4)OCO5)C3)nc3ccccc32)c1. The molecule has 1 atom stereocenters. The van der Waals surface area contributed by atoms with Crippen LogP contribution in [0, 0.1) is 6.92 Å². The van der Waals surface area contributed by atoms with Gasteiger partial charge in [0.05, 0.1) is 17.6 Å². The number of hydrogen-bond acceptors (Lipinski definition) is 5. The minimum absolute atomic E-state index is 0.00991. The van der Waals surface area contributed by atoms with Crippen molar-refractivity contribution in [3.05, 3.63) is 78.1 Å². The first kappa shape index (κ1) is 20.6. The topological polar surface area (TPSA) is 65.8 Å². The summed E-state index contributed by atoms with van der Waals surface area (Å²) in [5, 5.41) is 0. The standard InChI is InChI=1S/C27H25N3O4/c1-18-5-4-6-21(13-18)32-12-11-29-23-8-3-2-7-22(23)28-27(29)19-14-26(31)30(16-19)20-9-10-24-25(15-20)34-17-33-24/h2-10,13,15,19H,11-12,14,16-17H2,1H3. The lowest BCUT2D eigenvalue weighted by Gasteiger charge is -2.18. The maximum absolute atomic E-state index is 13.0. The highest BCUT2D eigenvalue weighted by Gasteiger charge is 2.35. The molecule has 1 fully saturated rings. The van der Waals surface area contributed by atoms with Gasteiger partial charge in [0, 0.05) is 30.6 Å². The summed E-state index contributed by atoms with van der Waals surface area (Å²) in [5.74, 6) is 3.24. The Balaban J connectivity index is 1.26. The summed E-state index contributed by atoms with van der Waals surface area (Å²) >= 11 is 0. The number of aromatic nitrogens is 2. The molecule has 1 aromatic heterocycles. The maximum Gasteiger partial charge on any atom is 0.231 e. The highest BCUT2D eigenvalue weighted by Crippen LogP contribution is 2.39. The highest BCUT2D eigenvalue weighted by atomic mass is 16.7. The molecule has 2 aliphatic rings. The van der Waals surface area contributed by atoms with E-state index >= 15 is 0 Å². The normalized spacial score (nSPS) is 17.0. The molecule has 7 heteroatoms. The van der Waals surface area contributed by atoms with E-state index in [4.69, 9.17) is 19.2 Å². The minimum Gasteiger partial charge on any atom is -0.492 e. The minimum atomic E-state index is -0.00991. The van der Waals surface area contributed by atoms with Crippen LogP contribution in [0.2, 0.25) is 0 Å². The van der Waals surface area contributed by atoms with Crippen molar-refractivity contribution in [1.82, 2.24) is 9.55 Å². The number of anilines is 1. The van der Waals surface area contributed by atoms with Gasteiger partial charge in [0.25, 0.3) is 0 Å². The van der Waals surface area contributed by atoms with Gasteiger partial charge in [-0.3, -0.25) is 4.79 Å². The summed E-state index contributed by atoms with van der Waals surface area (Å²) in [5.41, 5.74) is 3.97. The molecule has 1 amide bonds. The third-order valence-corrected chi connectivity index (χ3v) is 6.42. The molecule has 172 valence electrons. The first-order valence-corrected chi connectivity index (χ1v) is 11.5. The average Bonchev–Trinajstić information content (AvgIpc) is 3.55. The molecular formula is C27H25N3O4. The first-order valence-electron chi connectivity index (χ1n) is 11.5. The van der Waals surface area contributed by atoms with Gasteiger partial charge in [-0.05, 0) is 48.9 Å². The van der Waals surface area contributed by atoms with E-state index in [1.807, 2.05) is 59.5 Å². The lowest BCUT2D eigenvalue weighted by molar-refractivity contribution is -0.117. The quantitative estimate of drug-likeness (QED) is 0.423.